The zero-order valence-corrected chi connectivity index (χ0v) is 15.7. The third kappa shape index (κ3) is 3.51. The minimum Gasteiger partial charge on any atom is -0.372 e. The van der Waals surface area contributed by atoms with E-state index >= 15 is 0 Å². The van der Waals surface area contributed by atoms with Crippen molar-refractivity contribution in [1.82, 2.24) is 4.98 Å². The third-order valence-electron chi connectivity index (χ3n) is 4.65. The number of hydrogen-bond acceptors (Lipinski definition) is 4. The van der Waals surface area contributed by atoms with Crippen molar-refractivity contribution in [2.75, 3.05) is 23.3 Å². The van der Waals surface area contributed by atoms with E-state index in [0.717, 1.165) is 32.7 Å². The van der Waals surface area contributed by atoms with Crippen LogP contribution in [0.25, 0.3) is 11.3 Å². The Hall–Kier alpha value is -2.04. The fourth-order valence-electron chi connectivity index (χ4n) is 3.14. The smallest absolute Gasteiger partial charge is 0.187 e. The second-order valence-corrected chi connectivity index (χ2v) is 7.58. The largest absolute Gasteiger partial charge is 0.372 e. The molecule has 0 bridgehead atoms. The number of rotatable bonds is 4. The molecule has 3 aromatic rings. The summed E-state index contributed by atoms with van der Waals surface area (Å²) >= 11 is 7.80. The van der Waals surface area contributed by atoms with Crippen LogP contribution in [-0.4, -0.2) is 18.1 Å². The van der Waals surface area contributed by atoms with Crippen LogP contribution in [0, 0.1) is 6.92 Å². The fraction of sp³-hybridized carbons (Fsp3) is 0.250. The second kappa shape index (κ2) is 7.06. The Balaban J connectivity index is 1.51. The Morgan fingerprint density at radius 2 is 1.84 bits per heavy atom. The highest BCUT2D eigenvalue weighted by Gasteiger charge is 2.13. The molecule has 0 radical (unpaired) electrons. The number of aromatic nitrogens is 1. The number of thiazole rings is 1. The van der Waals surface area contributed by atoms with Crippen molar-refractivity contribution in [3.05, 3.63) is 58.4 Å². The third-order valence-corrected chi connectivity index (χ3v) is 5.81. The summed E-state index contributed by atoms with van der Waals surface area (Å²) in [5.41, 5.74) is 5.49. The zero-order valence-electron chi connectivity index (χ0n) is 14.1. The van der Waals surface area contributed by atoms with Gasteiger partial charge in [0.1, 0.15) is 0 Å². The molecule has 128 valence electrons. The first-order valence-corrected chi connectivity index (χ1v) is 9.79. The highest BCUT2D eigenvalue weighted by atomic mass is 35.5. The van der Waals surface area contributed by atoms with Crippen molar-refractivity contribution < 1.29 is 0 Å². The number of hydrogen-bond donors (Lipinski definition) is 1. The first-order valence-electron chi connectivity index (χ1n) is 8.54. The lowest BCUT2D eigenvalue weighted by molar-refractivity contribution is 0.949. The van der Waals surface area contributed by atoms with E-state index in [4.69, 9.17) is 16.6 Å². The molecule has 0 amide bonds. The monoisotopic (exact) mass is 369 g/mol. The van der Waals surface area contributed by atoms with Crippen molar-refractivity contribution in [2.45, 2.75) is 19.8 Å². The molecule has 2 aromatic carbocycles. The van der Waals surface area contributed by atoms with Crippen LogP contribution in [0.15, 0.2) is 47.8 Å². The molecule has 1 aliphatic heterocycles. The van der Waals surface area contributed by atoms with Gasteiger partial charge in [-0.05, 0) is 49.6 Å². The molecule has 3 nitrogen and oxygen atoms in total. The highest BCUT2D eigenvalue weighted by molar-refractivity contribution is 7.14. The van der Waals surface area contributed by atoms with Gasteiger partial charge in [-0.25, -0.2) is 4.98 Å². The molecule has 0 aliphatic carbocycles. The van der Waals surface area contributed by atoms with Crippen LogP contribution in [0.4, 0.5) is 16.5 Å². The predicted molar refractivity (Wildman–Crippen MR) is 108 cm³/mol. The number of benzene rings is 2. The minimum absolute atomic E-state index is 0.763. The molecule has 4 rings (SSSR count). The quantitative estimate of drug-likeness (QED) is 0.600. The fourth-order valence-corrected chi connectivity index (χ4v) is 4.05. The molecule has 1 fully saturated rings. The molecule has 0 spiro atoms. The summed E-state index contributed by atoms with van der Waals surface area (Å²) in [6.45, 7) is 4.35. The van der Waals surface area contributed by atoms with Crippen LogP contribution in [0.2, 0.25) is 5.02 Å². The van der Waals surface area contributed by atoms with Gasteiger partial charge in [0, 0.05) is 40.4 Å². The lowest BCUT2D eigenvalue weighted by Crippen LogP contribution is -2.17. The van der Waals surface area contributed by atoms with Gasteiger partial charge in [-0.3, -0.25) is 0 Å². The SMILES string of the molecule is Cc1c(Cl)cccc1Nc1nc(-c2ccc(N3CCCC3)cc2)cs1. The molecule has 0 saturated carbocycles. The first-order chi connectivity index (χ1) is 12.2. The lowest BCUT2D eigenvalue weighted by atomic mass is 10.1. The standard InChI is InChI=1S/C20H20ClN3S/c1-14-17(21)5-4-6-18(14)22-20-23-19(13-25-20)15-7-9-16(10-8-15)24-11-2-3-12-24/h4-10,13H,2-3,11-12H2,1H3,(H,22,23). The molecule has 2 heterocycles. The van der Waals surface area contributed by atoms with Crippen molar-refractivity contribution >= 4 is 39.4 Å². The Kier molecular flexibility index (Phi) is 4.64. The maximum absolute atomic E-state index is 6.19. The Morgan fingerprint density at radius 3 is 2.60 bits per heavy atom. The summed E-state index contributed by atoms with van der Waals surface area (Å²) in [6.07, 6.45) is 2.59. The molecular weight excluding hydrogens is 350 g/mol. The summed E-state index contributed by atoms with van der Waals surface area (Å²) in [6, 6.07) is 14.6. The molecule has 1 saturated heterocycles. The van der Waals surface area contributed by atoms with Gasteiger partial charge in [-0.1, -0.05) is 29.8 Å². The normalized spacial score (nSPS) is 14.1. The second-order valence-electron chi connectivity index (χ2n) is 6.32. The van der Waals surface area contributed by atoms with E-state index in [1.807, 2.05) is 25.1 Å². The molecule has 5 heteroatoms. The van der Waals surface area contributed by atoms with Gasteiger partial charge in [0.25, 0.3) is 0 Å². The van der Waals surface area contributed by atoms with Crippen LogP contribution < -0.4 is 10.2 Å². The average Bonchev–Trinajstić information content (AvgIpc) is 3.31. The molecule has 0 atom stereocenters. The maximum Gasteiger partial charge on any atom is 0.187 e. The number of anilines is 3. The molecule has 1 N–H and O–H groups in total. The molecule has 1 aliphatic rings. The summed E-state index contributed by atoms with van der Waals surface area (Å²) in [7, 11) is 0. The number of nitrogens with one attached hydrogen (secondary N) is 1. The van der Waals surface area contributed by atoms with E-state index in [1.165, 1.54) is 31.6 Å². The van der Waals surface area contributed by atoms with Crippen molar-refractivity contribution in [3.63, 3.8) is 0 Å². The van der Waals surface area contributed by atoms with Crippen LogP contribution in [0.5, 0.6) is 0 Å². The highest BCUT2D eigenvalue weighted by Crippen LogP contribution is 2.31. The first kappa shape index (κ1) is 16.4. The van der Waals surface area contributed by atoms with Gasteiger partial charge in [0.05, 0.1) is 5.69 Å². The Morgan fingerprint density at radius 1 is 1.08 bits per heavy atom. The number of nitrogens with zero attached hydrogens (tertiary/aromatic N) is 2. The van der Waals surface area contributed by atoms with Gasteiger partial charge in [-0.2, -0.15) is 0 Å². The predicted octanol–water partition coefficient (Wildman–Crippen LogP) is 6.12. The zero-order chi connectivity index (χ0) is 17.2. The molecule has 0 unspecified atom stereocenters. The summed E-state index contributed by atoms with van der Waals surface area (Å²) in [5.74, 6) is 0. The van der Waals surface area contributed by atoms with Gasteiger partial charge in [0.15, 0.2) is 5.13 Å². The van der Waals surface area contributed by atoms with E-state index in [-0.39, 0.29) is 0 Å². The Labute approximate surface area is 157 Å². The van der Waals surface area contributed by atoms with Crippen molar-refractivity contribution in [3.8, 4) is 11.3 Å². The molecular formula is C20H20ClN3S. The maximum atomic E-state index is 6.19. The number of halogens is 1. The van der Waals surface area contributed by atoms with Crippen LogP contribution in [0.3, 0.4) is 0 Å². The van der Waals surface area contributed by atoms with Crippen LogP contribution in [0.1, 0.15) is 18.4 Å². The summed E-state index contributed by atoms with van der Waals surface area (Å²) < 4.78 is 0. The van der Waals surface area contributed by atoms with Gasteiger partial charge in [-0.15, -0.1) is 11.3 Å². The molecule has 25 heavy (non-hydrogen) atoms. The van der Waals surface area contributed by atoms with Gasteiger partial charge < -0.3 is 10.2 Å². The van der Waals surface area contributed by atoms with E-state index in [1.54, 1.807) is 11.3 Å². The Bertz CT molecular complexity index is 867. The summed E-state index contributed by atoms with van der Waals surface area (Å²) in [5, 5.41) is 7.11. The van der Waals surface area contributed by atoms with Crippen molar-refractivity contribution in [1.29, 1.82) is 0 Å². The average molecular weight is 370 g/mol. The van der Waals surface area contributed by atoms with Crippen LogP contribution >= 0.6 is 22.9 Å². The van der Waals surface area contributed by atoms with E-state index in [0.29, 0.717) is 0 Å². The van der Waals surface area contributed by atoms with E-state index in [2.05, 4.69) is 39.9 Å². The van der Waals surface area contributed by atoms with Gasteiger partial charge >= 0.3 is 0 Å². The molecule has 1 aromatic heterocycles. The topological polar surface area (TPSA) is 28.2 Å². The summed E-state index contributed by atoms with van der Waals surface area (Å²) in [4.78, 5) is 7.17. The van der Waals surface area contributed by atoms with Crippen LogP contribution in [-0.2, 0) is 0 Å². The minimum atomic E-state index is 0.763. The van der Waals surface area contributed by atoms with Gasteiger partial charge in [0.2, 0.25) is 0 Å². The van der Waals surface area contributed by atoms with E-state index in [9.17, 15) is 0 Å². The van der Waals surface area contributed by atoms with Crippen molar-refractivity contribution in [2.24, 2.45) is 0 Å². The lowest BCUT2D eigenvalue weighted by Gasteiger charge is -2.17. The van der Waals surface area contributed by atoms with E-state index < -0.39 is 0 Å².